The molecule has 1 aliphatic rings. The summed E-state index contributed by atoms with van der Waals surface area (Å²) in [7, 11) is 0. The van der Waals surface area contributed by atoms with Gasteiger partial charge in [-0.3, -0.25) is 0 Å². The number of nitrogens with one attached hydrogen (secondary N) is 1. The van der Waals surface area contributed by atoms with Crippen LogP contribution >= 0.6 is 0 Å². The topological polar surface area (TPSA) is 41.3 Å². The molecule has 1 atom stereocenters. The Morgan fingerprint density at radius 1 is 0.957 bits per heavy atom. The van der Waals surface area contributed by atoms with Crippen molar-refractivity contribution < 1.29 is 0 Å². The van der Waals surface area contributed by atoms with E-state index in [0.717, 1.165) is 6.54 Å². The summed E-state index contributed by atoms with van der Waals surface area (Å²) >= 11 is 0. The Bertz CT molecular complexity index is 312. The number of unbranched alkanes of at least 4 members (excludes halogenated alkanes) is 11. The van der Waals surface area contributed by atoms with Crippen molar-refractivity contribution in [2.45, 2.75) is 90.1 Å². The van der Waals surface area contributed by atoms with Crippen LogP contribution in [0.3, 0.4) is 0 Å². The molecule has 0 saturated carbocycles. The fourth-order valence-electron chi connectivity index (χ4n) is 3.11. The zero-order valence-corrected chi connectivity index (χ0v) is 15.3. The average molecular weight is 322 g/mol. The minimum absolute atomic E-state index is 0.311. The highest BCUT2D eigenvalue weighted by atomic mass is 15.3. The van der Waals surface area contributed by atoms with Crippen LogP contribution in [0.25, 0.3) is 0 Å². The second-order valence-corrected chi connectivity index (χ2v) is 6.71. The molecular weight excluding hydrogens is 282 g/mol. The third-order valence-corrected chi connectivity index (χ3v) is 4.57. The zero-order chi connectivity index (χ0) is 16.6. The Labute approximate surface area is 144 Å². The predicted octanol–water partition coefficient (Wildman–Crippen LogP) is 4.90. The molecule has 0 bridgehead atoms. The van der Waals surface area contributed by atoms with Crippen molar-refractivity contribution in [1.29, 1.82) is 0 Å². The molecule has 0 aliphatic carbocycles. The van der Waals surface area contributed by atoms with E-state index < -0.39 is 0 Å². The first-order chi connectivity index (χ1) is 11.4. The van der Waals surface area contributed by atoms with Crippen LogP contribution in [-0.2, 0) is 0 Å². The highest BCUT2D eigenvalue weighted by molar-refractivity contribution is 5.04. The van der Waals surface area contributed by atoms with Gasteiger partial charge in [-0.1, -0.05) is 77.2 Å². The van der Waals surface area contributed by atoms with Gasteiger partial charge in [-0.25, -0.2) is 0 Å². The first-order valence-corrected chi connectivity index (χ1v) is 9.93. The normalized spacial score (nSPS) is 17.3. The quantitative estimate of drug-likeness (QED) is 0.333. The van der Waals surface area contributed by atoms with Crippen LogP contribution in [0.4, 0.5) is 0 Å². The number of nitrogens with two attached hydrogens (primary N) is 1. The number of hydrogen-bond acceptors (Lipinski definition) is 3. The molecule has 23 heavy (non-hydrogen) atoms. The summed E-state index contributed by atoms with van der Waals surface area (Å²) < 4.78 is 0. The number of rotatable bonds is 15. The van der Waals surface area contributed by atoms with Gasteiger partial charge in [0.05, 0.1) is 0 Å². The first-order valence-electron chi connectivity index (χ1n) is 9.93. The second-order valence-electron chi connectivity index (χ2n) is 6.71. The molecule has 0 spiro atoms. The summed E-state index contributed by atoms with van der Waals surface area (Å²) in [6, 6.07) is 0. The largest absolute Gasteiger partial charge is 0.367 e. The van der Waals surface area contributed by atoms with Gasteiger partial charge in [-0.05, 0) is 18.9 Å². The van der Waals surface area contributed by atoms with E-state index >= 15 is 0 Å². The lowest BCUT2D eigenvalue weighted by Gasteiger charge is -2.21. The molecule has 0 amide bonds. The van der Waals surface area contributed by atoms with Crippen LogP contribution in [0.5, 0.6) is 0 Å². The minimum Gasteiger partial charge on any atom is -0.367 e. The van der Waals surface area contributed by atoms with E-state index in [1.54, 1.807) is 0 Å². The molecule has 0 aromatic rings. The molecule has 3 N–H and O–H groups in total. The SMILES string of the molecule is CCCCCCCCCCCCC/C=C/C1NC=CN1CCN. The summed E-state index contributed by atoms with van der Waals surface area (Å²) in [4.78, 5) is 2.25. The Balaban J connectivity index is 1.85. The lowest BCUT2D eigenvalue weighted by Crippen LogP contribution is -2.36. The van der Waals surface area contributed by atoms with Crippen molar-refractivity contribution in [3.05, 3.63) is 24.6 Å². The highest BCUT2D eigenvalue weighted by Gasteiger charge is 2.13. The van der Waals surface area contributed by atoms with Gasteiger partial charge >= 0.3 is 0 Å². The minimum atomic E-state index is 0.311. The van der Waals surface area contributed by atoms with E-state index in [1.807, 2.05) is 6.20 Å². The van der Waals surface area contributed by atoms with Gasteiger partial charge in [0.15, 0.2) is 0 Å². The summed E-state index contributed by atoms with van der Waals surface area (Å²) in [6.07, 6.45) is 25.7. The summed E-state index contributed by atoms with van der Waals surface area (Å²) in [6.45, 7) is 3.90. The summed E-state index contributed by atoms with van der Waals surface area (Å²) in [5.41, 5.74) is 5.62. The molecule has 0 saturated heterocycles. The zero-order valence-electron chi connectivity index (χ0n) is 15.3. The molecule has 134 valence electrons. The predicted molar refractivity (Wildman–Crippen MR) is 102 cm³/mol. The van der Waals surface area contributed by atoms with Gasteiger partial charge in [-0.2, -0.15) is 0 Å². The summed E-state index contributed by atoms with van der Waals surface area (Å²) in [5.74, 6) is 0. The Kier molecular flexibility index (Phi) is 12.8. The maximum absolute atomic E-state index is 5.62. The van der Waals surface area contributed by atoms with Crippen molar-refractivity contribution in [2.24, 2.45) is 5.73 Å². The Morgan fingerprint density at radius 3 is 2.17 bits per heavy atom. The average Bonchev–Trinajstić information content (AvgIpc) is 2.99. The van der Waals surface area contributed by atoms with Gasteiger partial charge in [0, 0.05) is 25.5 Å². The van der Waals surface area contributed by atoms with E-state index in [1.165, 1.54) is 77.0 Å². The number of allylic oxidation sites excluding steroid dienone is 1. The van der Waals surface area contributed by atoms with E-state index in [4.69, 9.17) is 5.73 Å². The van der Waals surface area contributed by atoms with Crippen LogP contribution in [0.1, 0.15) is 84.0 Å². The highest BCUT2D eigenvalue weighted by Crippen LogP contribution is 2.12. The van der Waals surface area contributed by atoms with Gasteiger partial charge < -0.3 is 16.0 Å². The van der Waals surface area contributed by atoms with Crippen LogP contribution < -0.4 is 11.1 Å². The second kappa shape index (κ2) is 14.6. The molecule has 0 radical (unpaired) electrons. The molecular formula is C20H39N3. The van der Waals surface area contributed by atoms with Crippen molar-refractivity contribution in [1.82, 2.24) is 10.2 Å². The molecule has 1 heterocycles. The molecule has 0 fully saturated rings. The van der Waals surface area contributed by atoms with E-state index in [9.17, 15) is 0 Å². The van der Waals surface area contributed by atoms with Crippen LogP contribution in [0.2, 0.25) is 0 Å². The molecule has 1 rings (SSSR count). The standard InChI is InChI=1S/C20H39N3/c1-2-3-4-5-6-7-8-9-10-11-12-13-14-15-20-22-17-19-23(20)18-16-21/h14-15,17,19-20,22H,2-13,16,18,21H2,1H3/b15-14+. The molecule has 1 aliphatic heterocycles. The van der Waals surface area contributed by atoms with E-state index in [0.29, 0.717) is 12.7 Å². The van der Waals surface area contributed by atoms with Crippen molar-refractivity contribution in [3.63, 3.8) is 0 Å². The van der Waals surface area contributed by atoms with Crippen LogP contribution in [0.15, 0.2) is 24.6 Å². The van der Waals surface area contributed by atoms with E-state index in [-0.39, 0.29) is 0 Å². The molecule has 3 heteroatoms. The van der Waals surface area contributed by atoms with Gasteiger partial charge in [0.25, 0.3) is 0 Å². The van der Waals surface area contributed by atoms with Gasteiger partial charge in [-0.15, -0.1) is 0 Å². The first kappa shape index (κ1) is 20.1. The molecule has 3 nitrogen and oxygen atoms in total. The molecule has 0 aromatic carbocycles. The fourth-order valence-corrected chi connectivity index (χ4v) is 3.11. The Morgan fingerprint density at radius 2 is 1.57 bits per heavy atom. The third kappa shape index (κ3) is 10.4. The van der Waals surface area contributed by atoms with Gasteiger partial charge in [0.2, 0.25) is 0 Å². The third-order valence-electron chi connectivity index (χ3n) is 4.57. The van der Waals surface area contributed by atoms with Crippen LogP contribution in [-0.4, -0.2) is 24.2 Å². The Hall–Kier alpha value is -0.960. The lowest BCUT2D eigenvalue weighted by molar-refractivity contribution is 0.333. The van der Waals surface area contributed by atoms with Crippen LogP contribution in [0, 0.1) is 0 Å². The molecule has 1 unspecified atom stereocenters. The van der Waals surface area contributed by atoms with Crippen molar-refractivity contribution in [3.8, 4) is 0 Å². The maximum atomic E-state index is 5.62. The fraction of sp³-hybridized carbons (Fsp3) is 0.800. The summed E-state index contributed by atoms with van der Waals surface area (Å²) in [5, 5.41) is 3.34. The number of hydrogen-bond donors (Lipinski definition) is 2. The maximum Gasteiger partial charge on any atom is 0.118 e. The molecule has 0 aromatic heterocycles. The van der Waals surface area contributed by atoms with Gasteiger partial charge in [0.1, 0.15) is 6.17 Å². The van der Waals surface area contributed by atoms with E-state index in [2.05, 4.69) is 35.5 Å². The van der Waals surface area contributed by atoms with Crippen molar-refractivity contribution >= 4 is 0 Å². The van der Waals surface area contributed by atoms with Crippen molar-refractivity contribution in [2.75, 3.05) is 13.1 Å². The smallest absolute Gasteiger partial charge is 0.118 e. The monoisotopic (exact) mass is 321 g/mol. The number of nitrogens with zero attached hydrogens (tertiary/aromatic N) is 1. The lowest BCUT2D eigenvalue weighted by atomic mass is 10.1.